The average Bonchev–Trinajstić information content (AvgIpc) is 2.83. The zero-order chi connectivity index (χ0) is 17.4. The van der Waals surface area contributed by atoms with Crippen LogP contribution >= 0.6 is 0 Å². The molecule has 1 aliphatic heterocycles. The van der Waals surface area contributed by atoms with Gasteiger partial charge in [0.2, 0.25) is 0 Å². The van der Waals surface area contributed by atoms with Crippen molar-refractivity contribution < 1.29 is 4.74 Å². The van der Waals surface area contributed by atoms with Crippen LogP contribution in [-0.4, -0.2) is 13.3 Å². The molecule has 0 amide bonds. The highest BCUT2D eigenvalue weighted by molar-refractivity contribution is 6.17. The fraction of sp³-hybridized carbons (Fsp3) is 0.217. The molecule has 2 radical (unpaired) electrons. The van der Waals surface area contributed by atoms with Gasteiger partial charge in [-0.25, -0.2) is 0 Å². The minimum atomic E-state index is -0.784. The molecule has 0 spiro atoms. The van der Waals surface area contributed by atoms with Crippen molar-refractivity contribution in [3.05, 3.63) is 71.3 Å². The van der Waals surface area contributed by atoms with Gasteiger partial charge in [0.15, 0.2) is 0 Å². The predicted octanol–water partition coefficient (Wildman–Crippen LogP) is 5.44. The molecule has 0 unspecified atom stereocenters. The Bertz CT molecular complexity index is 1070. The molecule has 0 fully saturated rings. The summed E-state index contributed by atoms with van der Waals surface area (Å²) in [6.45, 7) is 6.47. The Hall–Kier alpha value is -2.48. The van der Waals surface area contributed by atoms with Gasteiger partial charge >= 0.3 is 0 Å². The number of rotatable bonds is 0. The SMILES string of the molecule is [B][C@]1(C)C=Cc2c(c3c(c4ccccc24)-c2ccccc2C3(C)C)O1. The molecule has 0 saturated carbocycles. The van der Waals surface area contributed by atoms with Gasteiger partial charge in [0.25, 0.3) is 0 Å². The van der Waals surface area contributed by atoms with Crippen molar-refractivity contribution in [2.75, 3.05) is 0 Å². The Morgan fingerprint density at radius 1 is 0.880 bits per heavy atom. The first-order chi connectivity index (χ1) is 11.9. The van der Waals surface area contributed by atoms with Crippen LogP contribution in [0.5, 0.6) is 5.75 Å². The van der Waals surface area contributed by atoms with E-state index < -0.39 is 5.50 Å². The van der Waals surface area contributed by atoms with Crippen molar-refractivity contribution in [2.24, 2.45) is 0 Å². The largest absolute Gasteiger partial charge is 0.493 e. The monoisotopic (exact) mass is 322 g/mol. The second kappa shape index (κ2) is 4.57. The van der Waals surface area contributed by atoms with Crippen molar-refractivity contribution in [3.8, 4) is 16.9 Å². The Labute approximate surface area is 149 Å². The summed E-state index contributed by atoms with van der Waals surface area (Å²) in [6, 6.07) is 17.3. The zero-order valence-corrected chi connectivity index (χ0v) is 14.8. The standard InChI is InChI=1S/C23H19BO/c1-22(2)18-11-7-6-10-17(18)19-15-9-5-4-8-14(15)16-12-13-23(3,24)25-21(16)20(19)22/h4-13H,1-3H3/t23-/m0/s1. The van der Waals surface area contributed by atoms with E-state index in [4.69, 9.17) is 12.6 Å². The molecule has 25 heavy (non-hydrogen) atoms. The molecule has 1 atom stereocenters. The molecule has 3 aromatic carbocycles. The summed E-state index contributed by atoms with van der Waals surface area (Å²) in [6.07, 6.45) is 4.07. The molecule has 1 heterocycles. The van der Waals surface area contributed by atoms with Gasteiger partial charge in [-0.05, 0) is 34.4 Å². The van der Waals surface area contributed by atoms with Gasteiger partial charge in [-0.2, -0.15) is 0 Å². The molecule has 0 aromatic heterocycles. The van der Waals surface area contributed by atoms with Gasteiger partial charge in [-0.15, -0.1) is 0 Å². The Morgan fingerprint density at radius 3 is 2.36 bits per heavy atom. The van der Waals surface area contributed by atoms with Crippen LogP contribution in [-0.2, 0) is 5.41 Å². The number of hydrogen-bond donors (Lipinski definition) is 0. The summed E-state index contributed by atoms with van der Waals surface area (Å²) < 4.78 is 6.33. The fourth-order valence-corrected chi connectivity index (χ4v) is 4.47. The number of hydrogen-bond acceptors (Lipinski definition) is 1. The molecule has 3 aromatic rings. The minimum absolute atomic E-state index is 0.124. The van der Waals surface area contributed by atoms with E-state index in [-0.39, 0.29) is 5.41 Å². The van der Waals surface area contributed by atoms with Gasteiger partial charge in [0.1, 0.15) is 13.6 Å². The second-order valence-electron chi connectivity index (χ2n) is 7.83. The lowest BCUT2D eigenvalue weighted by molar-refractivity contribution is 0.220. The maximum Gasteiger partial charge on any atom is 0.137 e. The molecular formula is C23H19BO. The van der Waals surface area contributed by atoms with Crippen molar-refractivity contribution in [2.45, 2.75) is 31.7 Å². The highest BCUT2D eigenvalue weighted by Crippen LogP contribution is 2.57. The third-order valence-electron chi connectivity index (χ3n) is 5.61. The summed E-state index contributed by atoms with van der Waals surface area (Å²) in [5.41, 5.74) is 5.43. The summed E-state index contributed by atoms with van der Waals surface area (Å²) in [7, 11) is 6.32. The lowest BCUT2D eigenvalue weighted by atomic mass is 9.77. The van der Waals surface area contributed by atoms with Crippen LogP contribution in [0.15, 0.2) is 54.6 Å². The van der Waals surface area contributed by atoms with E-state index in [1.165, 1.54) is 33.0 Å². The lowest BCUT2D eigenvalue weighted by Crippen LogP contribution is -2.33. The molecule has 2 heteroatoms. The highest BCUT2D eigenvalue weighted by atomic mass is 16.5. The molecular weight excluding hydrogens is 303 g/mol. The van der Waals surface area contributed by atoms with Gasteiger partial charge in [-0.3, -0.25) is 0 Å². The quantitative estimate of drug-likeness (QED) is 0.501. The van der Waals surface area contributed by atoms with Gasteiger partial charge in [0, 0.05) is 16.5 Å². The molecule has 0 bridgehead atoms. The normalized spacial score (nSPS) is 22.2. The van der Waals surface area contributed by atoms with Crippen LogP contribution in [0.2, 0.25) is 0 Å². The molecule has 0 saturated heterocycles. The zero-order valence-electron chi connectivity index (χ0n) is 14.8. The first-order valence-corrected chi connectivity index (χ1v) is 8.76. The summed E-state index contributed by atoms with van der Waals surface area (Å²) in [4.78, 5) is 0. The second-order valence-corrected chi connectivity index (χ2v) is 7.83. The maximum atomic E-state index is 6.33. The third-order valence-corrected chi connectivity index (χ3v) is 5.61. The van der Waals surface area contributed by atoms with Crippen molar-refractivity contribution >= 4 is 24.7 Å². The van der Waals surface area contributed by atoms with Crippen LogP contribution in [0, 0.1) is 0 Å². The van der Waals surface area contributed by atoms with Crippen LogP contribution in [0.4, 0.5) is 0 Å². The first kappa shape index (κ1) is 14.8. The molecule has 2 aliphatic rings. The van der Waals surface area contributed by atoms with E-state index >= 15 is 0 Å². The minimum Gasteiger partial charge on any atom is -0.493 e. The topological polar surface area (TPSA) is 9.23 Å². The van der Waals surface area contributed by atoms with E-state index in [1.54, 1.807) is 0 Å². The van der Waals surface area contributed by atoms with E-state index in [1.807, 2.05) is 13.0 Å². The average molecular weight is 322 g/mol. The molecule has 120 valence electrons. The molecule has 1 nitrogen and oxygen atoms in total. The third kappa shape index (κ3) is 1.85. The van der Waals surface area contributed by atoms with Crippen molar-refractivity contribution in [1.29, 1.82) is 0 Å². The number of fused-ring (bicyclic) bond motifs is 8. The number of benzene rings is 3. The van der Waals surface area contributed by atoms with Crippen LogP contribution < -0.4 is 4.74 Å². The van der Waals surface area contributed by atoms with Crippen molar-refractivity contribution in [1.82, 2.24) is 0 Å². The molecule has 0 N–H and O–H groups in total. The Kier molecular flexibility index (Phi) is 2.71. The van der Waals surface area contributed by atoms with Crippen LogP contribution in [0.25, 0.3) is 28.0 Å². The van der Waals surface area contributed by atoms with Crippen LogP contribution in [0.1, 0.15) is 37.5 Å². The van der Waals surface area contributed by atoms with E-state index in [9.17, 15) is 0 Å². The maximum absolute atomic E-state index is 6.33. The summed E-state index contributed by atoms with van der Waals surface area (Å²) in [5.74, 6) is 0.933. The van der Waals surface area contributed by atoms with E-state index in [0.717, 1.165) is 11.3 Å². The first-order valence-electron chi connectivity index (χ1n) is 8.76. The predicted molar refractivity (Wildman–Crippen MR) is 105 cm³/mol. The smallest absolute Gasteiger partial charge is 0.137 e. The highest BCUT2D eigenvalue weighted by Gasteiger charge is 2.41. The van der Waals surface area contributed by atoms with E-state index in [0.29, 0.717) is 0 Å². The summed E-state index contributed by atoms with van der Waals surface area (Å²) >= 11 is 0. The number of ether oxygens (including phenoxy) is 1. The van der Waals surface area contributed by atoms with Gasteiger partial charge < -0.3 is 4.74 Å². The molecule has 5 rings (SSSR count). The van der Waals surface area contributed by atoms with Gasteiger partial charge in [-0.1, -0.05) is 74.5 Å². The Balaban J connectivity index is 2.01. The van der Waals surface area contributed by atoms with Crippen LogP contribution in [0.3, 0.4) is 0 Å². The fourth-order valence-electron chi connectivity index (χ4n) is 4.47. The van der Waals surface area contributed by atoms with Gasteiger partial charge in [0.05, 0.1) is 5.50 Å². The van der Waals surface area contributed by atoms with Crippen molar-refractivity contribution in [3.63, 3.8) is 0 Å². The summed E-state index contributed by atoms with van der Waals surface area (Å²) in [5, 5.41) is 2.50. The van der Waals surface area contributed by atoms with E-state index in [2.05, 4.69) is 68.5 Å². The lowest BCUT2D eigenvalue weighted by Gasteiger charge is -2.34. The Morgan fingerprint density at radius 2 is 1.56 bits per heavy atom. The molecule has 1 aliphatic carbocycles.